The highest BCUT2D eigenvalue weighted by molar-refractivity contribution is 5.38. The van der Waals surface area contributed by atoms with Gasteiger partial charge >= 0.3 is 0 Å². The quantitative estimate of drug-likeness (QED) is 0.709. The zero-order valence-corrected chi connectivity index (χ0v) is 16.7. The maximum atomic E-state index is 10.1. The normalized spacial score (nSPS) is 41.7. The van der Waals surface area contributed by atoms with Gasteiger partial charge in [-0.3, -0.25) is 0 Å². The molecule has 3 aliphatic carbocycles. The Morgan fingerprint density at radius 1 is 1.23 bits per heavy atom. The van der Waals surface area contributed by atoms with Gasteiger partial charge in [0.15, 0.2) is 0 Å². The second-order valence-electron chi connectivity index (χ2n) is 9.76. The molecule has 0 amide bonds. The molecular weight excluding hydrogens is 324 g/mol. The molecule has 0 aromatic carbocycles. The summed E-state index contributed by atoms with van der Waals surface area (Å²) < 4.78 is 0. The van der Waals surface area contributed by atoms with Gasteiger partial charge in [0.25, 0.3) is 0 Å². The summed E-state index contributed by atoms with van der Waals surface area (Å²) in [5.74, 6) is 1.13. The summed E-state index contributed by atoms with van der Waals surface area (Å²) in [5, 5.41) is 29.9. The Kier molecular flexibility index (Phi) is 5.54. The van der Waals surface area contributed by atoms with Crippen LogP contribution in [0.1, 0.15) is 65.7 Å². The third kappa shape index (κ3) is 3.46. The van der Waals surface area contributed by atoms with Gasteiger partial charge in [-0.25, -0.2) is 0 Å². The van der Waals surface area contributed by atoms with Crippen LogP contribution in [0, 0.1) is 22.7 Å². The first-order valence-electron chi connectivity index (χ1n) is 10.2. The maximum absolute atomic E-state index is 10.1. The van der Waals surface area contributed by atoms with Gasteiger partial charge in [-0.1, -0.05) is 45.1 Å². The van der Waals surface area contributed by atoms with Crippen LogP contribution in [0.4, 0.5) is 0 Å². The Labute approximate surface area is 158 Å². The molecule has 0 unspecified atom stereocenters. The Morgan fingerprint density at radius 3 is 2.65 bits per heavy atom. The zero-order chi connectivity index (χ0) is 19.1. The monoisotopic (exact) mass is 360 g/mol. The van der Waals surface area contributed by atoms with Crippen molar-refractivity contribution in [3.05, 3.63) is 35.5 Å². The summed E-state index contributed by atoms with van der Waals surface area (Å²) in [6.45, 7) is 11.1. The molecule has 0 spiro atoms. The zero-order valence-electron chi connectivity index (χ0n) is 16.7. The number of aliphatic hydroxyl groups is 3. The first kappa shape index (κ1) is 19.9. The van der Waals surface area contributed by atoms with Gasteiger partial charge in [-0.05, 0) is 72.3 Å². The molecule has 3 fully saturated rings. The topological polar surface area (TPSA) is 60.7 Å². The largest absolute Gasteiger partial charge is 0.396 e. The van der Waals surface area contributed by atoms with Gasteiger partial charge in [-0.2, -0.15) is 0 Å². The molecule has 0 aliphatic heterocycles. The molecule has 3 saturated carbocycles. The Bertz CT molecular complexity index is 615. The minimum absolute atomic E-state index is 0.0315. The predicted molar refractivity (Wildman–Crippen MR) is 106 cm³/mol. The lowest BCUT2D eigenvalue weighted by Gasteiger charge is -2.47. The van der Waals surface area contributed by atoms with E-state index in [-0.39, 0.29) is 17.4 Å². The fourth-order valence-electron chi connectivity index (χ4n) is 6.10. The molecule has 0 heterocycles. The summed E-state index contributed by atoms with van der Waals surface area (Å²) in [5.41, 5.74) is 3.48. The SMILES string of the molecule is C=C1C(=CC=C2CCC[C@]3(C)[C@@H](C(C)(C)CO)CC[C@@H]23)C[C@@H](O)C[C@@H]1O. The van der Waals surface area contributed by atoms with E-state index in [1.54, 1.807) is 0 Å². The van der Waals surface area contributed by atoms with Crippen molar-refractivity contribution in [3.8, 4) is 0 Å². The first-order valence-corrected chi connectivity index (χ1v) is 10.2. The third-order valence-corrected chi connectivity index (χ3v) is 7.58. The van der Waals surface area contributed by atoms with Crippen molar-refractivity contribution < 1.29 is 15.3 Å². The molecule has 0 aromatic rings. The van der Waals surface area contributed by atoms with Crippen LogP contribution in [0.2, 0.25) is 0 Å². The number of hydrogen-bond acceptors (Lipinski definition) is 3. The summed E-state index contributed by atoms with van der Waals surface area (Å²) in [7, 11) is 0. The molecule has 146 valence electrons. The molecule has 0 saturated heterocycles. The van der Waals surface area contributed by atoms with Crippen molar-refractivity contribution in [1.29, 1.82) is 0 Å². The minimum Gasteiger partial charge on any atom is -0.396 e. The van der Waals surface area contributed by atoms with Crippen LogP contribution < -0.4 is 0 Å². The summed E-state index contributed by atoms with van der Waals surface area (Å²) in [4.78, 5) is 0. The fourth-order valence-corrected chi connectivity index (χ4v) is 6.10. The predicted octanol–water partition coefficient (Wildman–Crippen LogP) is 4.15. The first-order chi connectivity index (χ1) is 12.2. The van der Waals surface area contributed by atoms with Gasteiger partial charge in [0.2, 0.25) is 0 Å². The average Bonchev–Trinajstić information content (AvgIpc) is 2.95. The molecule has 3 aliphatic rings. The summed E-state index contributed by atoms with van der Waals surface area (Å²) >= 11 is 0. The smallest absolute Gasteiger partial charge is 0.0811 e. The van der Waals surface area contributed by atoms with Crippen LogP contribution >= 0.6 is 0 Å². The van der Waals surface area contributed by atoms with Crippen molar-refractivity contribution in [2.24, 2.45) is 22.7 Å². The van der Waals surface area contributed by atoms with E-state index in [1.165, 1.54) is 31.3 Å². The standard InChI is InChI=1S/C23H36O3/c1-15-17(12-18(25)13-20(15)26)8-7-16-6-5-11-23(4)19(16)9-10-21(23)22(2,3)14-24/h7-8,18-21,24-26H,1,5-6,9-14H2,2-4H3/t18-,19+,20+,21-,23+/m1/s1. The van der Waals surface area contributed by atoms with E-state index < -0.39 is 12.2 Å². The van der Waals surface area contributed by atoms with Crippen molar-refractivity contribution in [1.82, 2.24) is 0 Å². The number of hydrogen-bond donors (Lipinski definition) is 3. The molecule has 5 atom stereocenters. The van der Waals surface area contributed by atoms with Crippen molar-refractivity contribution >= 4 is 0 Å². The average molecular weight is 361 g/mol. The summed E-state index contributed by atoms with van der Waals surface area (Å²) in [6.07, 6.45) is 10.2. The Hall–Kier alpha value is -0.900. The van der Waals surface area contributed by atoms with Crippen LogP contribution in [0.5, 0.6) is 0 Å². The molecule has 0 aromatic heterocycles. The molecule has 3 rings (SSSR count). The lowest BCUT2D eigenvalue weighted by molar-refractivity contribution is 0.00799. The maximum Gasteiger partial charge on any atom is 0.0811 e. The van der Waals surface area contributed by atoms with Gasteiger partial charge < -0.3 is 15.3 Å². The van der Waals surface area contributed by atoms with Crippen LogP contribution in [0.15, 0.2) is 35.5 Å². The molecule has 3 N–H and O–H groups in total. The van der Waals surface area contributed by atoms with Crippen LogP contribution in [0.3, 0.4) is 0 Å². The molecule has 0 radical (unpaired) electrons. The van der Waals surface area contributed by atoms with Crippen LogP contribution in [-0.4, -0.2) is 34.1 Å². The van der Waals surface area contributed by atoms with Crippen LogP contribution in [-0.2, 0) is 0 Å². The second kappa shape index (κ2) is 7.26. The molecule has 0 bridgehead atoms. The van der Waals surface area contributed by atoms with Gasteiger partial charge in [0.05, 0.1) is 12.2 Å². The van der Waals surface area contributed by atoms with E-state index in [0.29, 0.717) is 24.7 Å². The van der Waals surface area contributed by atoms with Crippen molar-refractivity contribution in [3.63, 3.8) is 0 Å². The van der Waals surface area contributed by atoms with E-state index in [2.05, 4.69) is 39.5 Å². The molecule has 3 heteroatoms. The Morgan fingerprint density at radius 2 is 1.96 bits per heavy atom. The third-order valence-electron chi connectivity index (χ3n) is 7.58. The lowest BCUT2D eigenvalue weighted by Crippen LogP contribution is -2.41. The number of fused-ring (bicyclic) bond motifs is 1. The van der Waals surface area contributed by atoms with E-state index in [9.17, 15) is 15.3 Å². The highest BCUT2D eigenvalue weighted by Gasteiger charge is 2.53. The molecule has 3 nitrogen and oxygen atoms in total. The van der Waals surface area contributed by atoms with Crippen molar-refractivity contribution in [2.75, 3.05) is 6.61 Å². The lowest BCUT2D eigenvalue weighted by atomic mass is 9.58. The molecular formula is C23H36O3. The van der Waals surface area contributed by atoms with E-state index in [0.717, 1.165) is 17.6 Å². The van der Waals surface area contributed by atoms with Crippen molar-refractivity contribution in [2.45, 2.75) is 77.9 Å². The summed E-state index contributed by atoms with van der Waals surface area (Å²) in [6, 6.07) is 0. The second-order valence-corrected chi connectivity index (χ2v) is 9.76. The fraction of sp³-hybridized carbons (Fsp3) is 0.739. The number of aliphatic hydroxyl groups excluding tert-OH is 3. The number of rotatable bonds is 3. The Balaban J connectivity index is 1.85. The van der Waals surface area contributed by atoms with Crippen LogP contribution in [0.25, 0.3) is 0 Å². The highest BCUT2D eigenvalue weighted by Crippen LogP contribution is 2.61. The van der Waals surface area contributed by atoms with Gasteiger partial charge in [-0.15, -0.1) is 0 Å². The van der Waals surface area contributed by atoms with Gasteiger partial charge in [0.1, 0.15) is 0 Å². The van der Waals surface area contributed by atoms with Gasteiger partial charge in [0, 0.05) is 13.0 Å². The van der Waals surface area contributed by atoms with E-state index in [4.69, 9.17) is 0 Å². The molecule has 26 heavy (non-hydrogen) atoms. The van der Waals surface area contributed by atoms with E-state index >= 15 is 0 Å². The highest BCUT2D eigenvalue weighted by atomic mass is 16.3. The number of allylic oxidation sites excluding steroid dienone is 3. The van der Waals surface area contributed by atoms with E-state index in [1.807, 2.05) is 0 Å². The minimum atomic E-state index is -0.624.